The van der Waals surface area contributed by atoms with E-state index in [0.29, 0.717) is 10.2 Å². The van der Waals surface area contributed by atoms with Crippen molar-refractivity contribution >= 4 is 21.5 Å². The van der Waals surface area contributed by atoms with Gasteiger partial charge in [0, 0.05) is 5.92 Å². The van der Waals surface area contributed by atoms with Crippen molar-refractivity contribution in [2.45, 2.75) is 34.1 Å². The van der Waals surface area contributed by atoms with Crippen LogP contribution in [0.4, 0.5) is 0 Å². The maximum atomic E-state index is 10.3. The molecular weight excluding hydrogens is 352 g/mol. The fourth-order valence-electron chi connectivity index (χ4n) is 3.81. The normalized spacial score (nSPS) is 21.1. The first kappa shape index (κ1) is 17.9. The zero-order valence-corrected chi connectivity index (χ0v) is 16.1. The number of methoxy groups -OCH3 is 1. The van der Waals surface area contributed by atoms with E-state index in [9.17, 15) is 5.11 Å². The molecule has 1 N–H and O–H groups in total. The van der Waals surface area contributed by atoms with Crippen LogP contribution < -0.4 is 4.74 Å². The van der Waals surface area contributed by atoms with Gasteiger partial charge in [-0.25, -0.2) is 0 Å². The molecule has 0 heterocycles. The molecule has 1 atom stereocenters. The van der Waals surface area contributed by atoms with Crippen molar-refractivity contribution in [1.82, 2.24) is 0 Å². The van der Waals surface area contributed by atoms with Crippen molar-refractivity contribution < 1.29 is 9.84 Å². The first-order valence-corrected chi connectivity index (χ1v) is 8.60. The van der Waals surface area contributed by atoms with Gasteiger partial charge >= 0.3 is 0 Å². The summed E-state index contributed by atoms with van der Waals surface area (Å²) in [4.78, 5) is 0. The van der Waals surface area contributed by atoms with Crippen LogP contribution in [0.3, 0.4) is 0 Å². The highest BCUT2D eigenvalue weighted by Gasteiger charge is 2.37. The first-order chi connectivity index (χ1) is 10.7. The van der Waals surface area contributed by atoms with Crippen LogP contribution >= 0.6 is 15.9 Å². The van der Waals surface area contributed by atoms with Gasteiger partial charge in [-0.15, -0.1) is 0 Å². The summed E-state index contributed by atoms with van der Waals surface area (Å²) >= 11 is 3.53. The molecule has 0 radical (unpaired) electrons. The molecule has 0 amide bonds. The second-order valence-electron chi connectivity index (χ2n) is 6.89. The average Bonchev–Trinajstić information content (AvgIpc) is 2.45. The monoisotopic (exact) mass is 376 g/mol. The minimum absolute atomic E-state index is 0.0761. The number of phenols is 1. The largest absolute Gasteiger partial charge is 0.503 e. The molecule has 0 bridgehead atoms. The Bertz CT molecular complexity index is 696. The van der Waals surface area contributed by atoms with Crippen LogP contribution in [0.15, 0.2) is 46.5 Å². The predicted octanol–water partition coefficient (Wildman–Crippen LogP) is 6.12. The molecule has 1 aliphatic rings. The molecule has 0 saturated carbocycles. The predicted molar refractivity (Wildman–Crippen MR) is 101 cm³/mol. The Morgan fingerprint density at radius 1 is 1.43 bits per heavy atom. The van der Waals surface area contributed by atoms with E-state index in [-0.39, 0.29) is 17.1 Å². The topological polar surface area (TPSA) is 29.5 Å². The Labute approximate surface area is 147 Å². The number of ether oxygens (including phenoxy) is 1. The number of halogens is 1. The minimum Gasteiger partial charge on any atom is -0.503 e. The molecular formula is C20H25BrO2. The number of rotatable bonds is 3. The summed E-state index contributed by atoms with van der Waals surface area (Å²) in [6.45, 7) is 13.1. The van der Waals surface area contributed by atoms with E-state index in [1.54, 1.807) is 13.2 Å². The molecule has 23 heavy (non-hydrogen) atoms. The fourth-order valence-corrected chi connectivity index (χ4v) is 4.36. The number of allylic oxidation sites excluding steroid dienone is 5. The maximum Gasteiger partial charge on any atom is 0.172 e. The zero-order chi connectivity index (χ0) is 17.4. The lowest BCUT2D eigenvalue weighted by molar-refractivity contribution is 0.291. The lowest BCUT2D eigenvalue weighted by Crippen LogP contribution is -2.29. The van der Waals surface area contributed by atoms with Crippen molar-refractivity contribution in [3.05, 3.63) is 52.0 Å². The summed E-state index contributed by atoms with van der Waals surface area (Å²) < 4.78 is 5.86. The molecule has 0 spiro atoms. The van der Waals surface area contributed by atoms with Crippen LogP contribution in [-0.4, -0.2) is 12.2 Å². The molecule has 124 valence electrons. The standard InChI is InChI=1S/C20H25BrO2/c1-7-14(15-8-9-16(23-6)19(22)18(15)21)17-13(3)10-12(2)11-20(17,4)5/h7-10,17,22H,3,11H2,1-2,4-6H3/b14-7-. The third-order valence-electron chi connectivity index (χ3n) is 4.55. The Hall–Kier alpha value is -1.48. The van der Waals surface area contributed by atoms with E-state index in [1.165, 1.54) is 11.1 Å². The van der Waals surface area contributed by atoms with Gasteiger partial charge in [0.15, 0.2) is 11.5 Å². The molecule has 2 nitrogen and oxygen atoms in total. The Morgan fingerprint density at radius 3 is 2.61 bits per heavy atom. The number of aromatic hydroxyl groups is 1. The molecule has 1 aliphatic carbocycles. The SMILES string of the molecule is C=C1C=C(C)CC(C)(C)C1/C(=C\C)c1ccc(OC)c(O)c1Br. The molecule has 2 rings (SSSR count). The number of phenolic OH excluding ortho intramolecular Hbond substituents is 1. The van der Waals surface area contributed by atoms with E-state index in [1.807, 2.05) is 13.0 Å². The van der Waals surface area contributed by atoms with Gasteiger partial charge in [-0.3, -0.25) is 0 Å². The van der Waals surface area contributed by atoms with Crippen LogP contribution in [0, 0.1) is 11.3 Å². The molecule has 0 saturated heterocycles. The van der Waals surface area contributed by atoms with Gasteiger partial charge in [0.2, 0.25) is 0 Å². The van der Waals surface area contributed by atoms with Crippen LogP contribution in [0.1, 0.15) is 39.7 Å². The second kappa shape index (κ2) is 6.56. The molecule has 0 aliphatic heterocycles. The highest BCUT2D eigenvalue weighted by molar-refractivity contribution is 9.10. The van der Waals surface area contributed by atoms with Crippen LogP contribution in [0.25, 0.3) is 5.57 Å². The Kier molecular flexibility index (Phi) is 5.10. The van der Waals surface area contributed by atoms with Gasteiger partial charge < -0.3 is 9.84 Å². The summed E-state index contributed by atoms with van der Waals surface area (Å²) in [7, 11) is 1.55. The van der Waals surface area contributed by atoms with E-state index in [2.05, 4.69) is 55.4 Å². The van der Waals surface area contributed by atoms with Crippen LogP contribution in [-0.2, 0) is 0 Å². The smallest absolute Gasteiger partial charge is 0.172 e. The summed E-state index contributed by atoms with van der Waals surface area (Å²) in [5.74, 6) is 0.809. The van der Waals surface area contributed by atoms with Crippen LogP contribution in [0.2, 0.25) is 0 Å². The summed E-state index contributed by atoms with van der Waals surface area (Å²) in [5.41, 5.74) is 4.72. The third kappa shape index (κ3) is 3.25. The van der Waals surface area contributed by atoms with Crippen molar-refractivity contribution in [3.8, 4) is 11.5 Å². The Morgan fingerprint density at radius 2 is 2.09 bits per heavy atom. The van der Waals surface area contributed by atoms with Gasteiger partial charge in [-0.05, 0) is 70.5 Å². The fraction of sp³-hybridized carbons (Fsp3) is 0.400. The quantitative estimate of drug-likeness (QED) is 0.688. The van der Waals surface area contributed by atoms with Crippen molar-refractivity contribution in [1.29, 1.82) is 0 Å². The number of hydrogen-bond donors (Lipinski definition) is 1. The van der Waals surface area contributed by atoms with Gasteiger partial charge in [-0.1, -0.05) is 38.2 Å². The molecule has 0 fully saturated rings. The van der Waals surface area contributed by atoms with Crippen molar-refractivity contribution in [2.24, 2.45) is 11.3 Å². The number of benzene rings is 1. The molecule has 3 heteroatoms. The van der Waals surface area contributed by atoms with E-state index in [0.717, 1.165) is 17.6 Å². The van der Waals surface area contributed by atoms with E-state index in [4.69, 9.17) is 4.74 Å². The second-order valence-corrected chi connectivity index (χ2v) is 7.68. The average molecular weight is 377 g/mol. The molecule has 1 unspecified atom stereocenters. The summed E-state index contributed by atoms with van der Waals surface area (Å²) in [5, 5.41) is 10.3. The van der Waals surface area contributed by atoms with Gasteiger partial charge in [-0.2, -0.15) is 0 Å². The third-order valence-corrected chi connectivity index (χ3v) is 5.35. The first-order valence-electron chi connectivity index (χ1n) is 7.81. The van der Waals surface area contributed by atoms with Crippen molar-refractivity contribution in [2.75, 3.05) is 7.11 Å². The van der Waals surface area contributed by atoms with E-state index < -0.39 is 0 Å². The molecule has 0 aromatic heterocycles. The minimum atomic E-state index is 0.0761. The summed E-state index contributed by atoms with van der Waals surface area (Å²) in [6.07, 6.45) is 5.35. The molecule has 1 aromatic rings. The van der Waals surface area contributed by atoms with Gasteiger partial charge in [0.1, 0.15) is 0 Å². The highest BCUT2D eigenvalue weighted by Crippen LogP contribution is 2.51. The lowest BCUT2D eigenvalue weighted by Gasteiger charge is -2.41. The maximum absolute atomic E-state index is 10.3. The van der Waals surface area contributed by atoms with E-state index >= 15 is 0 Å². The Balaban J connectivity index is 2.58. The van der Waals surface area contributed by atoms with Gasteiger partial charge in [0.05, 0.1) is 11.6 Å². The summed E-state index contributed by atoms with van der Waals surface area (Å²) in [6, 6.07) is 3.80. The van der Waals surface area contributed by atoms with Gasteiger partial charge in [0.25, 0.3) is 0 Å². The lowest BCUT2D eigenvalue weighted by atomic mass is 9.63. The number of hydrogen-bond acceptors (Lipinski definition) is 2. The highest BCUT2D eigenvalue weighted by atomic mass is 79.9. The zero-order valence-electron chi connectivity index (χ0n) is 14.5. The van der Waals surface area contributed by atoms with Crippen LogP contribution in [0.5, 0.6) is 11.5 Å². The van der Waals surface area contributed by atoms with Crippen molar-refractivity contribution in [3.63, 3.8) is 0 Å². The molecule has 1 aromatic carbocycles.